The number of benzene rings is 2. The van der Waals surface area contributed by atoms with Crippen molar-refractivity contribution in [3.05, 3.63) is 58.4 Å². The molecule has 2 N–H and O–H groups in total. The van der Waals surface area contributed by atoms with Gasteiger partial charge in [0, 0.05) is 18.6 Å². The third kappa shape index (κ3) is 3.19. The molecule has 0 amide bonds. The van der Waals surface area contributed by atoms with E-state index in [9.17, 15) is 4.39 Å². The first-order valence-electron chi connectivity index (χ1n) is 5.95. The van der Waals surface area contributed by atoms with Crippen LogP contribution in [0.25, 0.3) is 0 Å². The fourth-order valence-corrected chi connectivity index (χ4v) is 2.18. The van der Waals surface area contributed by atoms with Crippen LogP contribution >= 0.6 is 11.6 Å². The minimum Gasteiger partial charge on any atom is -0.397 e. The molecule has 102 valence electrons. The second-order valence-electron chi connectivity index (χ2n) is 4.52. The van der Waals surface area contributed by atoms with Crippen LogP contribution in [-0.2, 0) is 6.54 Å². The maximum Gasteiger partial charge on any atom is 0.124 e. The van der Waals surface area contributed by atoms with Gasteiger partial charge in [0.15, 0.2) is 0 Å². The lowest BCUT2D eigenvalue weighted by Crippen LogP contribution is -2.18. The maximum atomic E-state index is 13.4. The van der Waals surface area contributed by atoms with Gasteiger partial charge in [-0.25, -0.2) is 4.39 Å². The lowest BCUT2D eigenvalue weighted by Gasteiger charge is -2.21. The number of halogens is 2. The molecule has 0 bridgehead atoms. The van der Waals surface area contributed by atoms with E-state index in [1.807, 2.05) is 18.0 Å². The van der Waals surface area contributed by atoms with Crippen molar-refractivity contribution in [2.75, 3.05) is 17.7 Å². The van der Waals surface area contributed by atoms with Crippen molar-refractivity contribution in [3.8, 4) is 6.07 Å². The zero-order valence-electron chi connectivity index (χ0n) is 10.9. The van der Waals surface area contributed by atoms with Crippen LogP contribution in [0.4, 0.5) is 15.8 Å². The topological polar surface area (TPSA) is 53.0 Å². The average Bonchev–Trinajstić information content (AvgIpc) is 2.40. The highest BCUT2D eigenvalue weighted by Gasteiger charge is 2.08. The van der Waals surface area contributed by atoms with E-state index in [0.29, 0.717) is 28.4 Å². The van der Waals surface area contributed by atoms with Crippen molar-refractivity contribution in [2.24, 2.45) is 0 Å². The second kappa shape index (κ2) is 5.81. The van der Waals surface area contributed by atoms with Gasteiger partial charge in [-0.1, -0.05) is 11.6 Å². The lowest BCUT2D eigenvalue weighted by molar-refractivity contribution is 0.624. The molecule has 0 heterocycles. The SMILES string of the molecule is CN(Cc1cc(F)cc(C#N)c1)c1cc(Cl)ccc1N. The number of nitrogens with two attached hydrogens (primary N) is 1. The van der Waals surface area contributed by atoms with E-state index < -0.39 is 5.82 Å². The molecular weight excluding hydrogens is 277 g/mol. The summed E-state index contributed by atoms with van der Waals surface area (Å²) in [7, 11) is 1.83. The van der Waals surface area contributed by atoms with Gasteiger partial charge in [-0.15, -0.1) is 0 Å². The molecule has 0 aromatic heterocycles. The Morgan fingerprint density at radius 2 is 2.05 bits per heavy atom. The largest absolute Gasteiger partial charge is 0.397 e. The summed E-state index contributed by atoms with van der Waals surface area (Å²) in [5.74, 6) is -0.425. The minimum atomic E-state index is -0.425. The van der Waals surface area contributed by atoms with E-state index in [4.69, 9.17) is 22.6 Å². The predicted molar refractivity (Wildman–Crippen MR) is 79.1 cm³/mol. The Morgan fingerprint density at radius 1 is 1.30 bits per heavy atom. The summed E-state index contributed by atoms with van der Waals surface area (Å²) >= 11 is 5.95. The van der Waals surface area contributed by atoms with Gasteiger partial charge < -0.3 is 10.6 Å². The summed E-state index contributed by atoms with van der Waals surface area (Å²) < 4.78 is 13.4. The molecule has 2 aromatic carbocycles. The van der Waals surface area contributed by atoms with Crippen LogP contribution in [0.5, 0.6) is 0 Å². The smallest absolute Gasteiger partial charge is 0.124 e. The molecular formula is C15H13ClFN3. The van der Waals surface area contributed by atoms with Gasteiger partial charge in [0.2, 0.25) is 0 Å². The Kier molecular flexibility index (Phi) is 4.11. The molecule has 0 unspecified atom stereocenters. The van der Waals surface area contributed by atoms with Gasteiger partial charge in [-0.3, -0.25) is 0 Å². The van der Waals surface area contributed by atoms with E-state index in [1.54, 1.807) is 24.3 Å². The number of nitriles is 1. The van der Waals surface area contributed by atoms with Crippen molar-refractivity contribution in [1.82, 2.24) is 0 Å². The van der Waals surface area contributed by atoms with E-state index in [0.717, 1.165) is 5.69 Å². The van der Waals surface area contributed by atoms with Crippen LogP contribution in [-0.4, -0.2) is 7.05 Å². The molecule has 2 aromatic rings. The fraction of sp³-hybridized carbons (Fsp3) is 0.133. The van der Waals surface area contributed by atoms with Crippen LogP contribution in [0.15, 0.2) is 36.4 Å². The summed E-state index contributed by atoms with van der Waals surface area (Å²) in [5.41, 5.74) is 8.26. The Balaban J connectivity index is 2.28. The van der Waals surface area contributed by atoms with Crippen molar-refractivity contribution in [1.29, 1.82) is 5.26 Å². The normalized spacial score (nSPS) is 10.1. The number of hydrogen-bond donors (Lipinski definition) is 1. The van der Waals surface area contributed by atoms with Crippen LogP contribution in [0.3, 0.4) is 0 Å². The predicted octanol–water partition coefficient (Wildman–Crippen LogP) is 3.57. The first-order chi connectivity index (χ1) is 9.49. The molecule has 0 fully saturated rings. The number of rotatable bonds is 3. The zero-order valence-corrected chi connectivity index (χ0v) is 11.7. The molecule has 0 spiro atoms. The third-order valence-corrected chi connectivity index (χ3v) is 3.15. The summed E-state index contributed by atoms with van der Waals surface area (Å²) in [5, 5.41) is 9.43. The molecule has 0 saturated heterocycles. The Hall–Kier alpha value is -2.25. The molecule has 20 heavy (non-hydrogen) atoms. The Morgan fingerprint density at radius 3 is 2.75 bits per heavy atom. The molecule has 0 radical (unpaired) electrons. The zero-order chi connectivity index (χ0) is 14.7. The molecule has 0 aliphatic heterocycles. The van der Waals surface area contributed by atoms with Gasteiger partial charge >= 0.3 is 0 Å². The van der Waals surface area contributed by atoms with E-state index in [-0.39, 0.29) is 0 Å². The molecule has 0 aliphatic carbocycles. The summed E-state index contributed by atoms with van der Waals surface area (Å²) in [6.07, 6.45) is 0. The van der Waals surface area contributed by atoms with E-state index in [1.165, 1.54) is 12.1 Å². The number of nitrogens with zero attached hydrogens (tertiary/aromatic N) is 2. The van der Waals surface area contributed by atoms with Crippen LogP contribution in [0.1, 0.15) is 11.1 Å². The Bertz CT molecular complexity index is 679. The van der Waals surface area contributed by atoms with Gasteiger partial charge in [0.25, 0.3) is 0 Å². The lowest BCUT2D eigenvalue weighted by atomic mass is 10.1. The minimum absolute atomic E-state index is 0.299. The van der Waals surface area contributed by atoms with Gasteiger partial charge in [-0.2, -0.15) is 5.26 Å². The van der Waals surface area contributed by atoms with Crippen molar-refractivity contribution in [2.45, 2.75) is 6.54 Å². The second-order valence-corrected chi connectivity index (χ2v) is 4.96. The molecule has 2 rings (SSSR count). The summed E-state index contributed by atoms with van der Waals surface area (Å²) in [6, 6.07) is 11.4. The first kappa shape index (κ1) is 14.2. The van der Waals surface area contributed by atoms with Crippen molar-refractivity contribution >= 4 is 23.0 Å². The van der Waals surface area contributed by atoms with Gasteiger partial charge in [-0.05, 0) is 42.0 Å². The standard InChI is InChI=1S/C15H13ClFN3/c1-20(15-7-12(16)2-3-14(15)19)9-11-4-10(8-18)5-13(17)6-11/h2-7H,9,19H2,1H3. The highest BCUT2D eigenvalue weighted by molar-refractivity contribution is 6.31. The Labute approximate surface area is 122 Å². The molecule has 0 saturated carbocycles. The third-order valence-electron chi connectivity index (χ3n) is 2.91. The molecule has 0 aliphatic rings. The van der Waals surface area contributed by atoms with E-state index in [2.05, 4.69) is 0 Å². The molecule has 3 nitrogen and oxygen atoms in total. The molecule has 0 atom stereocenters. The van der Waals surface area contributed by atoms with Gasteiger partial charge in [0.05, 0.1) is 23.0 Å². The number of nitrogen functional groups attached to an aromatic ring is 1. The fourth-order valence-electron chi connectivity index (χ4n) is 2.01. The summed E-state index contributed by atoms with van der Waals surface area (Å²) in [4.78, 5) is 1.86. The van der Waals surface area contributed by atoms with Crippen molar-refractivity contribution in [3.63, 3.8) is 0 Å². The number of anilines is 2. The molecule has 5 heteroatoms. The highest BCUT2D eigenvalue weighted by atomic mass is 35.5. The maximum absolute atomic E-state index is 13.4. The van der Waals surface area contributed by atoms with Crippen LogP contribution in [0.2, 0.25) is 5.02 Å². The highest BCUT2D eigenvalue weighted by Crippen LogP contribution is 2.27. The first-order valence-corrected chi connectivity index (χ1v) is 6.33. The van der Waals surface area contributed by atoms with E-state index >= 15 is 0 Å². The monoisotopic (exact) mass is 289 g/mol. The number of hydrogen-bond acceptors (Lipinski definition) is 3. The van der Waals surface area contributed by atoms with Crippen LogP contribution < -0.4 is 10.6 Å². The van der Waals surface area contributed by atoms with Gasteiger partial charge in [0.1, 0.15) is 5.82 Å². The van der Waals surface area contributed by atoms with Crippen molar-refractivity contribution < 1.29 is 4.39 Å². The van der Waals surface area contributed by atoms with Crippen LogP contribution in [0, 0.1) is 17.1 Å². The summed E-state index contributed by atoms with van der Waals surface area (Å²) in [6.45, 7) is 0.428. The average molecular weight is 290 g/mol. The quantitative estimate of drug-likeness (QED) is 0.879.